The molecule has 0 bridgehead atoms. The van der Waals surface area contributed by atoms with Crippen LogP contribution in [0.25, 0.3) is 0 Å². The summed E-state index contributed by atoms with van der Waals surface area (Å²) in [6.07, 6.45) is 1.30. The number of hydrogen-bond donors (Lipinski definition) is 0. The van der Waals surface area contributed by atoms with E-state index in [-0.39, 0.29) is 0 Å². The summed E-state index contributed by atoms with van der Waals surface area (Å²) in [6.45, 7) is 5.19. The third kappa shape index (κ3) is 4.52. The van der Waals surface area contributed by atoms with E-state index < -0.39 is 0 Å². The molecule has 4 heteroatoms. The molecule has 20 heavy (non-hydrogen) atoms. The average Bonchev–Trinajstić information content (AvgIpc) is 2.85. The van der Waals surface area contributed by atoms with Crippen molar-refractivity contribution in [2.75, 3.05) is 46.9 Å². The maximum absolute atomic E-state index is 8.73. The molecule has 0 N–H and O–H groups in total. The van der Waals surface area contributed by atoms with Crippen LogP contribution in [0, 0.1) is 17.2 Å². The van der Waals surface area contributed by atoms with Crippen molar-refractivity contribution in [2.45, 2.75) is 6.42 Å². The topological polar surface area (TPSA) is 39.5 Å². The molecule has 1 aromatic carbocycles. The lowest BCUT2D eigenvalue weighted by Crippen LogP contribution is -2.30. The molecule has 1 atom stereocenters. The van der Waals surface area contributed by atoms with Crippen LogP contribution in [0.15, 0.2) is 24.3 Å². The van der Waals surface area contributed by atoms with Crippen LogP contribution in [0.3, 0.4) is 0 Å². The van der Waals surface area contributed by atoms with Crippen LogP contribution >= 0.6 is 0 Å². The van der Waals surface area contributed by atoms with E-state index >= 15 is 0 Å². The molecule has 2 rings (SSSR count). The molecule has 1 saturated heterocycles. The molecular formula is C16H23N3O. The van der Waals surface area contributed by atoms with Crippen molar-refractivity contribution in [2.24, 2.45) is 5.92 Å². The van der Waals surface area contributed by atoms with Gasteiger partial charge in [-0.15, -0.1) is 0 Å². The molecule has 4 nitrogen and oxygen atoms in total. The smallest absolute Gasteiger partial charge is 0.119 e. The fourth-order valence-electron chi connectivity index (χ4n) is 2.65. The van der Waals surface area contributed by atoms with Crippen LogP contribution in [-0.2, 0) is 0 Å². The van der Waals surface area contributed by atoms with Gasteiger partial charge in [0.25, 0.3) is 0 Å². The Morgan fingerprint density at radius 1 is 1.40 bits per heavy atom. The zero-order valence-corrected chi connectivity index (χ0v) is 12.4. The van der Waals surface area contributed by atoms with Gasteiger partial charge in [-0.25, -0.2) is 0 Å². The number of likely N-dealkylation sites (tertiary alicyclic amines) is 1. The number of likely N-dealkylation sites (N-methyl/N-ethyl adjacent to an activating group) is 1. The van der Waals surface area contributed by atoms with Crippen molar-refractivity contribution in [3.63, 3.8) is 0 Å². The van der Waals surface area contributed by atoms with E-state index in [1.807, 2.05) is 12.1 Å². The minimum atomic E-state index is 0.667. The van der Waals surface area contributed by atoms with Gasteiger partial charge in [0.1, 0.15) is 12.4 Å². The Hall–Kier alpha value is -1.57. The van der Waals surface area contributed by atoms with E-state index in [1.165, 1.54) is 19.5 Å². The second-order valence-electron chi connectivity index (χ2n) is 5.66. The van der Waals surface area contributed by atoms with E-state index in [9.17, 15) is 0 Å². The first-order valence-electron chi connectivity index (χ1n) is 7.17. The quantitative estimate of drug-likeness (QED) is 0.792. The molecule has 1 heterocycles. The largest absolute Gasteiger partial charge is 0.492 e. The number of nitrogens with zero attached hydrogens (tertiary/aromatic N) is 3. The predicted molar refractivity (Wildman–Crippen MR) is 79.8 cm³/mol. The van der Waals surface area contributed by atoms with Crippen LogP contribution in [0.1, 0.15) is 12.0 Å². The summed E-state index contributed by atoms with van der Waals surface area (Å²) in [5.41, 5.74) is 0.667. The highest BCUT2D eigenvalue weighted by atomic mass is 16.5. The van der Waals surface area contributed by atoms with Gasteiger partial charge in [0.15, 0.2) is 0 Å². The van der Waals surface area contributed by atoms with E-state index in [4.69, 9.17) is 10.00 Å². The fraction of sp³-hybridized carbons (Fsp3) is 0.562. The van der Waals surface area contributed by atoms with Crippen LogP contribution in [0.2, 0.25) is 0 Å². The Kier molecular flexibility index (Phi) is 5.40. The Morgan fingerprint density at radius 3 is 2.75 bits per heavy atom. The second kappa shape index (κ2) is 7.28. The summed E-state index contributed by atoms with van der Waals surface area (Å²) in [5, 5.41) is 8.73. The fourth-order valence-corrected chi connectivity index (χ4v) is 2.65. The van der Waals surface area contributed by atoms with Crippen molar-refractivity contribution >= 4 is 0 Å². The molecule has 108 valence electrons. The molecular weight excluding hydrogens is 250 g/mol. The first-order valence-corrected chi connectivity index (χ1v) is 7.17. The van der Waals surface area contributed by atoms with Crippen molar-refractivity contribution in [1.29, 1.82) is 5.26 Å². The van der Waals surface area contributed by atoms with E-state index in [1.54, 1.807) is 12.1 Å². The SMILES string of the molecule is CN(CCOc1ccc(C#N)cc1)CC1CCN(C)C1. The van der Waals surface area contributed by atoms with Gasteiger partial charge in [0, 0.05) is 19.6 Å². The predicted octanol–water partition coefficient (Wildman–Crippen LogP) is 1.82. The monoisotopic (exact) mass is 273 g/mol. The van der Waals surface area contributed by atoms with Gasteiger partial charge in [-0.1, -0.05) is 0 Å². The number of rotatable bonds is 6. The number of benzene rings is 1. The maximum atomic E-state index is 8.73. The zero-order valence-electron chi connectivity index (χ0n) is 12.4. The first kappa shape index (κ1) is 14.8. The third-order valence-electron chi connectivity index (χ3n) is 3.78. The lowest BCUT2D eigenvalue weighted by atomic mass is 10.1. The molecule has 1 aliphatic heterocycles. The minimum Gasteiger partial charge on any atom is -0.492 e. The Morgan fingerprint density at radius 2 is 2.15 bits per heavy atom. The summed E-state index contributed by atoms with van der Waals surface area (Å²) >= 11 is 0. The van der Waals surface area contributed by atoms with Gasteiger partial charge in [-0.05, 0) is 57.2 Å². The first-order chi connectivity index (χ1) is 9.67. The summed E-state index contributed by atoms with van der Waals surface area (Å²) in [6, 6.07) is 9.38. The number of hydrogen-bond acceptors (Lipinski definition) is 4. The van der Waals surface area contributed by atoms with Gasteiger partial charge in [0.2, 0.25) is 0 Å². The summed E-state index contributed by atoms with van der Waals surface area (Å²) in [7, 11) is 4.34. The number of ether oxygens (including phenoxy) is 1. The zero-order chi connectivity index (χ0) is 14.4. The molecule has 0 saturated carbocycles. The van der Waals surface area contributed by atoms with E-state index in [0.717, 1.165) is 24.8 Å². The van der Waals surface area contributed by atoms with Gasteiger partial charge >= 0.3 is 0 Å². The van der Waals surface area contributed by atoms with E-state index in [0.29, 0.717) is 12.2 Å². The molecule has 1 fully saturated rings. The lowest BCUT2D eigenvalue weighted by Gasteiger charge is -2.20. The molecule has 0 amide bonds. The van der Waals surface area contributed by atoms with E-state index in [2.05, 4.69) is 30.0 Å². The minimum absolute atomic E-state index is 0.667. The molecule has 0 aliphatic carbocycles. The maximum Gasteiger partial charge on any atom is 0.119 e. The molecule has 0 aromatic heterocycles. The Bertz CT molecular complexity index is 452. The van der Waals surface area contributed by atoms with Crippen molar-refractivity contribution in [1.82, 2.24) is 9.80 Å². The summed E-state index contributed by atoms with van der Waals surface area (Å²) in [5.74, 6) is 1.62. The van der Waals surface area contributed by atoms with Crippen molar-refractivity contribution in [3.8, 4) is 11.8 Å². The third-order valence-corrected chi connectivity index (χ3v) is 3.78. The van der Waals surface area contributed by atoms with Crippen LogP contribution in [0.5, 0.6) is 5.75 Å². The van der Waals surface area contributed by atoms with Crippen LogP contribution < -0.4 is 4.74 Å². The van der Waals surface area contributed by atoms with Gasteiger partial charge < -0.3 is 14.5 Å². The average molecular weight is 273 g/mol. The van der Waals surface area contributed by atoms with Crippen LogP contribution in [0.4, 0.5) is 0 Å². The van der Waals surface area contributed by atoms with Gasteiger partial charge in [0.05, 0.1) is 11.6 Å². The normalized spacial score (nSPS) is 19.2. The van der Waals surface area contributed by atoms with Gasteiger partial charge in [-0.2, -0.15) is 5.26 Å². The lowest BCUT2D eigenvalue weighted by molar-refractivity contribution is 0.215. The molecule has 1 unspecified atom stereocenters. The highest BCUT2D eigenvalue weighted by Crippen LogP contribution is 2.15. The molecule has 1 aliphatic rings. The Labute approximate surface area is 121 Å². The molecule has 0 radical (unpaired) electrons. The van der Waals surface area contributed by atoms with Crippen molar-refractivity contribution in [3.05, 3.63) is 29.8 Å². The highest BCUT2D eigenvalue weighted by Gasteiger charge is 2.20. The molecule has 0 spiro atoms. The molecule has 1 aromatic rings. The highest BCUT2D eigenvalue weighted by molar-refractivity contribution is 5.34. The number of nitriles is 1. The van der Waals surface area contributed by atoms with Crippen molar-refractivity contribution < 1.29 is 4.74 Å². The standard InChI is InChI=1S/C16H23N3O/c1-18-8-7-15(12-18)13-19(2)9-10-20-16-5-3-14(11-17)4-6-16/h3-6,15H,7-10,12-13H2,1-2H3. The van der Waals surface area contributed by atoms with Gasteiger partial charge in [-0.3, -0.25) is 0 Å². The summed E-state index contributed by atoms with van der Waals surface area (Å²) < 4.78 is 5.70. The summed E-state index contributed by atoms with van der Waals surface area (Å²) in [4.78, 5) is 4.74. The van der Waals surface area contributed by atoms with Crippen LogP contribution in [-0.4, -0.2) is 56.7 Å². The Balaban J connectivity index is 1.65. The second-order valence-corrected chi connectivity index (χ2v) is 5.66.